The fourth-order valence-electron chi connectivity index (χ4n) is 0.635. The molecule has 0 saturated heterocycles. The van der Waals surface area contributed by atoms with Gasteiger partial charge in [0.05, 0.1) is 4.75 Å². The summed E-state index contributed by atoms with van der Waals surface area (Å²) in [6.45, 7) is 0. The Kier molecular flexibility index (Phi) is 1.48. The van der Waals surface area contributed by atoms with Gasteiger partial charge in [-0.15, -0.1) is 0 Å². The maximum absolute atomic E-state index is 11.9. The molecule has 0 bridgehead atoms. The molecular formula is C5H8F2S. The largest absolute Gasteiger partial charge is 0.253 e. The molecule has 0 aromatic carbocycles. The van der Waals surface area contributed by atoms with E-state index in [1.54, 1.807) is 6.26 Å². The standard InChI is InChI=1S/C5H8F2S/c1-8-5(2-3-5)4(6)7/h4H,2-3H2,1H3. The Balaban J connectivity index is 2.41. The van der Waals surface area contributed by atoms with Crippen LogP contribution >= 0.6 is 11.8 Å². The quantitative estimate of drug-likeness (QED) is 0.563. The molecule has 1 aliphatic carbocycles. The summed E-state index contributed by atoms with van der Waals surface area (Å²) in [7, 11) is 0. The Morgan fingerprint density at radius 1 is 1.50 bits per heavy atom. The summed E-state index contributed by atoms with van der Waals surface area (Å²) < 4.78 is 23.1. The van der Waals surface area contributed by atoms with E-state index in [9.17, 15) is 8.78 Å². The van der Waals surface area contributed by atoms with Crippen molar-refractivity contribution in [3.8, 4) is 0 Å². The normalized spacial score (nSPS) is 24.0. The maximum Gasteiger partial charge on any atom is 0.253 e. The van der Waals surface area contributed by atoms with Gasteiger partial charge in [-0.1, -0.05) is 0 Å². The van der Waals surface area contributed by atoms with Crippen LogP contribution in [0.15, 0.2) is 0 Å². The van der Waals surface area contributed by atoms with Crippen LogP contribution in [-0.4, -0.2) is 17.4 Å². The Morgan fingerprint density at radius 2 is 2.00 bits per heavy atom. The van der Waals surface area contributed by atoms with Gasteiger partial charge in [0, 0.05) is 0 Å². The zero-order chi connectivity index (χ0) is 6.20. The molecule has 8 heavy (non-hydrogen) atoms. The van der Waals surface area contributed by atoms with E-state index in [0.29, 0.717) is 12.8 Å². The van der Waals surface area contributed by atoms with Crippen molar-refractivity contribution in [2.75, 3.05) is 6.26 Å². The minimum absolute atomic E-state index is 0.625. The molecule has 1 fully saturated rings. The fourth-order valence-corrected chi connectivity index (χ4v) is 1.32. The summed E-state index contributed by atoms with van der Waals surface area (Å²) in [5.41, 5.74) is 0. The third kappa shape index (κ3) is 0.835. The van der Waals surface area contributed by atoms with Gasteiger partial charge in [0.25, 0.3) is 6.43 Å². The maximum atomic E-state index is 11.9. The number of alkyl halides is 2. The van der Waals surface area contributed by atoms with Gasteiger partial charge in [0.15, 0.2) is 0 Å². The van der Waals surface area contributed by atoms with E-state index in [-0.39, 0.29) is 0 Å². The van der Waals surface area contributed by atoms with Crippen molar-refractivity contribution >= 4 is 11.8 Å². The van der Waals surface area contributed by atoms with Crippen LogP contribution in [0.3, 0.4) is 0 Å². The van der Waals surface area contributed by atoms with Crippen LogP contribution in [0.2, 0.25) is 0 Å². The lowest BCUT2D eigenvalue weighted by molar-refractivity contribution is 0.137. The lowest BCUT2D eigenvalue weighted by Gasteiger charge is -2.07. The Labute approximate surface area is 51.6 Å². The van der Waals surface area contributed by atoms with Gasteiger partial charge in [0.2, 0.25) is 0 Å². The van der Waals surface area contributed by atoms with Crippen molar-refractivity contribution in [3.63, 3.8) is 0 Å². The van der Waals surface area contributed by atoms with Gasteiger partial charge in [-0.05, 0) is 19.1 Å². The van der Waals surface area contributed by atoms with Gasteiger partial charge in [-0.2, -0.15) is 11.8 Å². The number of hydrogen-bond acceptors (Lipinski definition) is 1. The average Bonchev–Trinajstić information content (AvgIpc) is 2.44. The van der Waals surface area contributed by atoms with E-state index in [4.69, 9.17) is 0 Å². The van der Waals surface area contributed by atoms with Crippen molar-refractivity contribution in [2.24, 2.45) is 0 Å². The van der Waals surface area contributed by atoms with E-state index in [1.165, 1.54) is 11.8 Å². The molecule has 3 heteroatoms. The molecule has 0 nitrogen and oxygen atoms in total. The van der Waals surface area contributed by atoms with Gasteiger partial charge in [-0.25, -0.2) is 8.78 Å². The highest BCUT2D eigenvalue weighted by Gasteiger charge is 2.50. The number of halogens is 2. The molecule has 48 valence electrons. The highest BCUT2D eigenvalue weighted by molar-refractivity contribution is 8.00. The first-order valence-corrected chi connectivity index (χ1v) is 3.77. The minimum Gasteiger partial charge on any atom is -0.209 e. The molecule has 0 unspecified atom stereocenters. The monoisotopic (exact) mass is 138 g/mol. The van der Waals surface area contributed by atoms with Crippen LogP contribution in [0.1, 0.15) is 12.8 Å². The van der Waals surface area contributed by atoms with Crippen LogP contribution in [-0.2, 0) is 0 Å². The number of rotatable bonds is 2. The van der Waals surface area contributed by atoms with Gasteiger partial charge < -0.3 is 0 Å². The summed E-state index contributed by atoms with van der Waals surface area (Å²) in [5.74, 6) is 0. The lowest BCUT2D eigenvalue weighted by Crippen LogP contribution is -2.13. The molecule has 0 aromatic heterocycles. The van der Waals surface area contributed by atoms with Gasteiger partial charge in [0.1, 0.15) is 0 Å². The van der Waals surface area contributed by atoms with Crippen LogP contribution in [0.4, 0.5) is 8.78 Å². The van der Waals surface area contributed by atoms with Crippen LogP contribution < -0.4 is 0 Å². The van der Waals surface area contributed by atoms with Crippen molar-refractivity contribution in [3.05, 3.63) is 0 Å². The first kappa shape index (κ1) is 6.33. The van der Waals surface area contributed by atoms with Gasteiger partial charge in [-0.3, -0.25) is 0 Å². The first-order chi connectivity index (χ1) is 3.71. The number of thioether (sulfide) groups is 1. The molecule has 0 heterocycles. The second-order valence-electron chi connectivity index (χ2n) is 2.07. The molecule has 1 rings (SSSR count). The predicted molar refractivity (Wildman–Crippen MR) is 31.5 cm³/mol. The van der Waals surface area contributed by atoms with E-state index in [0.717, 1.165) is 0 Å². The zero-order valence-corrected chi connectivity index (χ0v) is 5.47. The minimum atomic E-state index is -2.11. The van der Waals surface area contributed by atoms with E-state index < -0.39 is 11.2 Å². The summed E-state index contributed by atoms with van der Waals surface area (Å²) in [5, 5.41) is 0. The summed E-state index contributed by atoms with van der Waals surface area (Å²) in [6, 6.07) is 0. The Morgan fingerprint density at radius 3 is 2.00 bits per heavy atom. The Hall–Kier alpha value is 0.210. The van der Waals surface area contributed by atoms with E-state index in [2.05, 4.69) is 0 Å². The van der Waals surface area contributed by atoms with Crippen LogP contribution in [0, 0.1) is 0 Å². The summed E-state index contributed by atoms with van der Waals surface area (Å²) in [6.07, 6.45) is 1.04. The number of hydrogen-bond donors (Lipinski definition) is 0. The molecular weight excluding hydrogens is 130 g/mol. The molecule has 0 spiro atoms. The molecule has 1 saturated carbocycles. The third-order valence-corrected chi connectivity index (χ3v) is 2.95. The first-order valence-electron chi connectivity index (χ1n) is 2.54. The SMILES string of the molecule is CSC1(C(F)F)CC1. The molecule has 1 aliphatic rings. The van der Waals surface area contributed by atoms with Gasteiger partial charge >= 0.3 is 0 Å². The predicted octanol–water partition coefficient (Wildman–Crippen LogP) is 2.15. The third-order valence-electron chi connectivity index (χ3n) is 1.55. The lowest BCUT2D eigenvalue weighted by atomic mass is 10.4. The molecule has 0 aliphatic heterocycles. The molecule has 0 radical (unpaired) electrons. The van der Waals surface area contributed by atoms with Crippen molar-refractivity contribution in [1.82, 2.24) is 0 Å². The van der Waals surface area contributed by atoms with Crippen molar-refractivity contribution in [2.45, 2.75) is 24.0 Å². The van der Waals surface area contributed by atoms with Crippen LogP contribution in [0.5, 0.6) is 0 Å². The van der Waals surface area contributed by atoms with Crippen LogP contribution in [0.25, 0.3) is 0 Å². The molecule has 0 N–H and O–H groups in total. The van der Waals surface area contributed by atoms with Crippen molar-refractivity contribution < 1.29 is 8.78 Å². The smallest absolute Gasteiger partial charge is 0.209 e. The van der Waals surface area contributed by atoms with Crippen molar-refractivity contribution in [1.29, 1.82) is 0 Å². The fraction of sp³-hybridized carbons (Fsp3) is 1.00. The van der Waals surface area contributed by atoms with E-state index in [1.807, 2.05) is 0 Å². The highest BCUT2D eigenvalue weighted by Crippen LogP contribution is 2.51. The molecule has 0 aromatic rings. The highest BCUT2D eigenvalue weighted by atomic mass is 32.2. The molecule has 0 atom stereocenters. The summed E-state index contributed by atoms with van der Waals surface area (Å²) in [4.78, 5) is 0. The zero-order valence-electron chi connectivity index (χ0n) is 4.66. The molecule has 0 amide bonds. The average molecular weight is 138 g/mol. The summed E-state index contributed by atoms with van der Waals surface area (Å²) >= 11 is 1.30. The second-order valence-corrected chi connectivity index (χ2v) is 3.29. The Bertz CT molecular complexity index is 88.4. The van der Waals surface area contributed by atoms with E-state index >= 15 is 0 Å². The topological polar surface area (TPSA) is 0 Å². The second kappa shape index (κ2) is 1.87.